The van der Waals surface area contributed by atoms with Crippen LogP contribution in [0.1, 0.15) is 60.7 Å². The molecule has 30 heavy (non-hydrogen) atoms. The van der Waals surface area contributed by atoms with Gasteiger partial charge in [-0.05, 0) is 30.6 Å². The molecular formula is C26H30O4. The molecule has 1 saturated carbocycles. The lowest BCUT2D eigenvalue weighted by Gasteiger charge is -2.37. The van der Waals surface area contributed by atoms with E-state index in [0.29, 0.717) is 23.0 Å². The molecule has 0 radical (unpaired) electrons. The lowest BCUT2D eigenvalue weighted by Crippen LogP contribution is -2.41. The number of hydrogen-bond acceptors (Lipinski definition) is 4. The fourth-order valence-corrected chi connectivity index (χ4v) is 4.34. The number of hydrogen-bond donors (Lipinski definition) is 0. The van der Waals surface area contributed by atoms with Gasteiger partial charge in [0.05, 0.1) is 0 Å². The Morgan fingerprint density at radius 2 is 1.33 bits per heavy atom. The fourth-order valence-electron chi connectivity index (χ4n) is 4.34. The molecule has 0 bridgehead atoms. The first-order chi connectivity index (χ1) is 14.4. The summed E-state index contributed by atoms with van der Waals surface area (Å²) >= 11 is 0. The van der Waals surface area contributed by atoms with E-state index in [4.69, 9.17) is 4.74 Å². The lowest BCUT2D eigenvalue weighted by molar-refractivity contribution is -0.157. The summed E-state index contributed by atoms with van der Waals surface area (Å²) in [6.07, 6.45) is 2.59. The van der Waals surface area contributed by atoms with Crippen molar-refractivity contribution >= 4 is 17.5 Å². The Balaban J connectivity index is 1.90. The fraction of sp³-hybridized carbons (Fsp3) is 0.423. The van der Waals surface area contributed by atoms with Crippen LogP contribution in [0.25, 0.3) is 0 Å². The van der Waals surface area contributed by atoms with E-state index in [-0.39, 0.29) is 12.0 Å². The van der Waals surface area contributed by atoms with Crippen LogP contribution in [0.5, 0.6) is 0 Å². The Kier molecular flexibility index (Phi) is 7.20. The average Bonchev–Trinajstić information content (AvgIpc) is 2.74. The Morgan fingerprint density at radius 3 is 1.80 bits per heavy atom. The predicted molar refractivity (Wildman–Crippen MR) is 116 cm³/mol. The van der Waals surface area contributed by atoms with Crippen LogP contribution >= 0.6 is 0 Å². The van der Waals surface area contributed by atoms with Gasteiger partial charge in [-0.3, -0.25) is 14.4 Å². The summed E-state index contributed by atoms with van der Waals surface area (Å²) in [4.78, 5) is 39.7. The largest absolute Gasteiger partial charge is 0.461 e. The van der Waals surface area contributed by atoms with Crippen molar-refractivity contribution in [2.75, 3.05) is 0 Å². The van der Waals surface area contributed by atoms with Gasteiger partial charge in [0.1, 0.15) is 6.10 Å². The van der Waals surface area contributed by atoms with Crippen molar-refractivity contribution in [3.63, 3.8) is 0 Å². The first-order valence-corrected chi connectivity index (χ1v) is 10.8. The van der Waals surface area contributed by atoms with Gasteiger partial charge >= 0.3 is 5.97 Å². The molecule has 2 aromatic rings. The molecule has 0 saturated heterocycles. The van der Waals surface area contributed by atoms with Crippen LogP contribution < -0.4 is 0 Å². The molecule has 4 heteroatoms. The molecule has 0 N–H and O–H groups in total. The summed E-state index contributed by atoms with van der Waals surface area (Å²) in [5, 5.41) is 0. The molecule has 3 atom stereocenters. The molecule has 1 fully saturated rings. The van der Waals surface area contributed by atoms with Crippen molar-refractivity contribution in [3.05, 3.63) is 71.8 Å². The van der Waals surface area contributed by atoms with E-state index in [1.54, 1.807) is 60.7 Å². The van der Waals surface area contributed by atoms with Crippen molar-refractivity contribution < 1.29 is 19.1 Å². The van der Waals surface area contributed by atoms with Gasteiger partial charge < -0.3 is 4.74 Å². The minimum atomic E-state index is -1.49. The summed E-state index contributed by atoms with van der Waals surface area (Å²) in [7, 11) is 0. The minimum absolute atomic E-state index is 0.240. The number of esters is 1. The number of carbonyl (C=O) groups is 3. The van der Waals surface area contributed by atoms with Crippen LogP contribution in [0.3, 0.4) is 0 Å². The second-order valence-corrected chi connectivity index (χ2v) is 8.69. The number of benzene rings is 2. The van der Waals surface area contributed by atoms with Crippen molar-refractivity contribution in [1.29, 1.82) is 0 Å². The van der Waals surface area contributed by atoms with Crippen LogP contribution in [-0.4, -0.2) is 23.6 Å². The minimum Gasteiger partial charge on any atom is -0.461 e. The molecule has 1 aliphatic rings. The molecule has 0 heterocycles. The third-order valence-electron chi connectivity index (χ3n) is 6.11. The SMILES string of the molecule is CC(C)[C@@H]1CC[C@@H](C)C[C@@H]1OC(=O)C(C(=O)c1ccccc1)C(=O)c1ccccc1. The maximum absolute atomic E-state index is 13.3. The van der Waals surface area contributed by atoms with Crippen molar-refractivity contribution in [2.24, 2.45) is 23.7 Å². The Bertz CT molecular complexity index is 821. The molecule has 3 rings (SSSR count). The van der Waals surface area contributed by atoms with E-state index in [0.717, 1.165) is 19.3 Å². The Morgan fingerprint density at radius 1 is 0.833 bits per heavy atom. The number of rotatable bonds is 7. The van der Waals surface area contributed by atoms with Crippen molar-refractivity contribution in [2.45, 2.75) is 46.1 Å². The summed E-state index contributed by atoms with van der Waals surface area (Å²) in [5.41, 5.74) is 0.669. The summed E-state index contributed by atoms with van der Waals surface area (Å²) in [5.74, 6) is -2.19. The highest BCUT2D eigenvalue weighted by Crippen LogP contribution is 2.36. The standard InChI is InChI=1S/C26H30O4/c1-17(2)21-15-14-18(3)16-22(21)30-26(29)23(24(27)19-10-6-4-7-11-19)25(28)20-12-8-5-9-13-20/h4-13,17-18,21-23H,14-16H2,1-3H3/t18-,21+,22+/m1/s1. The third-order valence-corrected chi connectivity index (χ3v) is 6.11. The summed E-state index contributed by atoms with van der Waals surface area (Å²) in [6.45, 7) is 6.41. The molecule has 4 nitrogen and oxygen atoms in total. The van der Waals surface area contributed by atoms with Crippen LogP contribution in [-0.2, 0) is 9.53 Å². The normalized spacial score (nSPS) is 21.4. The summed E-state index contributed by atoms with van der Waals surface area (Å²) < 4.78 is 5.90. The van der Waals surface area contributed by atoms with E-state index >= 15 is 0 Å². The lowest BCUT2D eigenvalue weighted by atomic mass is 9.75. The van der Waals surface area contributed by atoms with Crippen LogP contribution in [0.15, 0.2) is 60.7 Å². The van der Waals surface area contributed by atoms with Gasteiger partial charge in [-0.15, -0.1) is 0 Å². The van der Waals surface area contributed by atoms with E-state index in [1.165, 1.54) is 0 Å². The molecule has 0 unspecified atom stereocenters. The van der Waals surface area contributed by atoms with E-state index in [9.17, 15) is 14.4 Å². The zero-order chi connectivity index (χ0) is 21.7. The zero-order valence-electron chi connectivity index (χ0n) is 17.9. The maximum atomic E-state index is 13.3. The van der Waals surface area contributed by atoms with Gasteiger partial charge in [0.25, 0.3) is 0 Å². The summed E-state index contributed by atoms with van der Waals surface area (Å²) in [6, 6.07) is 17.0. The van der Waals surface area contributed by atoms with Gasteiger partial charge in [-0.1, -0.05) is 87.9 Å². The Hall–Kier alpha value is -2.75. The van der Waals surface area contributed by atoms with Crippen molar-refractivity contribution in [1.82, 2.24) is 0 Å². The number of Topliss-reactive ketones (excluding diaryl/α,β-unsaturated/α-hetero) is 2. The first-order valence-electron chi connectivity index (χ1n) is 10.8. The topological polar surface area (TPSA) is 60.4 Å². The number of carbonyl (C=O) groups excluding carboxylic acids is 3. The Labute approximate surface area is 178 Å². The average molecular weight is 407 g/mol. The molecule has 0 aliphatic heterocycles. The molecule has 2 aromatic carbocycles. The van der Waals surface area contributed by atoms with Crippen LogP contribution in [0.4, 0.5) is 0 Å². The van der Waals surface area contributed by atoms with Gasteiger partial charge in [0.15, 0.2) is 17.5 Å². The molecule has 0 amide bonds. The second kappa shape index (κ2) is 9.84. The maximum Gasteiger partial charge on any atom is 0.325 e. The van der Waals surface area contributed by atoms with Gasteiger partial charge in [0, 0.05) is 11.1 Å². The highest BCUT2D eigenvalue weighted by Gasteiger charge is 2.40. The van der Waals surface area contributed by atoms with E-state index in [2.05, 4.69) is 20.8 Å². The number of ether oxygens (including phenoxy) is 1. The molecule has 0 aromatic heterocycles. The molecule has 1 aliphatic carbocycles. The molecular weight excluding hydrogens is 376 g/mol. The predicted octanol–water partition coefficient (Wildman–Crippen LogP) is 5.37. The smallest absolute Gasteiger partial charge is 0.325 e. The highest BCUT2D eigenvalue weighted by molar-refractivity contribution is 6.26. The van der Waals surface area contributed by atoms with Crippen LogP contribution in [0, 0.1) is 23.7 Å². The number of ketones is 2. The van der Waals surface area contributed by atoms with Gasteiger partial charge in [0.2, 0.25) is 0 Å². The van der Waals surface area contributed by atoms with Crippen molar-refractivity contribution in [3.8, 4) is 0 Å². The first kappa shape index (κ1) is 21.9. The van der Waals surface area contributed by atoms with Gasteiger partial charge in [-0.25, -0.2) is 0 Å². The van der Waals surface area contributed by atoms with Crippen LogP contribution in [0.2, 0.25) is 0 Å². The monoisotopic (exact) mass is 406 g/mol. The molecule has 158 valence electrons. The highest BCUT2D eigenvalue weighted by atomic mass is 16.5. The zero-order valence-corrected chi connectivity index (χ0v) is 17.9. The second-order valence-electron chi connectivity index (χ2n) is 8.69. The molecule has 0 spiro atoms. The quantitative estimate of drug-likeness (QED) is 0.352. The van der Waals surface area contributed by atoms with E-state index < -0.39 is 23.5 Å². The third kappa shape index (κ3) is 5.05. The van der Waals surface area contributed by atoms with E-state index in [1.807, 2.05) is 0 Å². The van der Waals surface area contributed by atoms with Gasteiger partial charge in [-0.2, -0.15) is 0 Å².